The van der Waals surface area contributed by atoms with Crippen molar-refractivity contribution >= 4 is 16.9 Å². The molecule has 4 rings (SSSR count). The summed E-state index contributed by atoms with van der Waals surface area (Å²) in [4.78, 5) is 17.3. The molecule has 26 heavy (non-hydrogen) atoms. The van der Waals surface area contributed by atoms with E-state index >= 15 is 0 Å². The molecule has 0 unspecified atom stereocenters. The number of para-hydroxylation sites is 2. The Morgan fingerprint density at radius 3 is 2.58 bits per heavy atom. The van der Waals surface area contributed by atoms with Crippen molar-refractivity contribution in [2.75, 3.05) is 0 Å². The zero-order chi connectivity index (χ0) is 17.9. The van der Waals surface area contributed by atoms with Gasteiger partial charge in [0.15, 0.2) is 0 Å². The van der Waals surface area contributed by atoms with Gasteiger partial charge in [-0.25, -0.2) is 9.37 Å². The first-order valence-electron chi connectivity index (χ1n) is 9.21. The molecule has 0 atom stereocenters. The summed E-state index contributed by atoms with van der Waals surface area (Å²) < 4.78 is 15.2. The Morgan fingerprint density at radius 2 is 1.81 bits per heavy atom. The Hall–Kier alpha value is -2.69. The van der Waals surface area contributed by atoms with E-state index in [-0.39, 0.29) is 24.3 Å². The third-order valence-electron chi connectivity index (χ3n) is 5.03. The number of imidazole rings is 1. The minimum absolute atomic E-state index is 0.00316. The fourth-order valence-corrected chi connectivity index (χ4v) is 3.72. The highest BCUT2D eigenvalue weighted by Crippen LogP contribution is 2.25. The van der Waals surface area contributed by atoms with Gasteiger partial charge in [0, 0.05) is 11.6 Å². The van der Waals surface area contributed by atoms with Gasteiger partial charge in [-0.2, -0.15) is 0 Å². The Balaban J connectivity index is 1.65. The Labute approximate surface area is 152 Å². The highest BCUT2D eigenvalue weighted by molar-refractivity contribution is 5.84. The predicted octanol–water partition coefficient (Wildman–Crippen LogP) is 4.29. The normalized spacial score (nSPS) is 15.3. The number of nitrogens with one attached hydrogen (secondary N) is 1. The van der Waals surface area contributed by atoms with Crippen LogP contribution in [0.5, 0.6) is 0 Å². The van der Waals surface area contributed by atoms with Gasteiger partial charge in [-0.1, -0.05) is 31.4 Å². The second kappa shape index (κ2) is 7.28. The summed E-state index contributed by atoms with van der Waals surface area (Å²) >= 11 is 0. The lowest BCUT2D eigenvalue weighted by Crippen LogP contribution is -2.38. The number of halogens is 1. The molecule has 1 fully saturated rings. The van der Waals surface area contributed by atoms with Crippen molar-refractivity contribution in [3.63, 3.8) is 0 Å². The van der Waals surface area contributed by atoms with E-state index in [0.29, 0.717) is 5.82 Å². The first-order chi connectivity index (χ1) is 12.7. The molecule has 1 aliphatic rings. The van der Waals surface area contributed by atoms with Crippen LogP contribution in [0.2, 0.25) is 0 Å². The van der Waals surface area contributed by atoms with Crippen LogP contribution in [0.3, 0.4) is 0 Å². The summed E-state index contributed by atoms with van der Waals surface area (Å²) in [6, 6.07) is 14.3. The highest BCUT2D eigenvalue weighted by atomic mass is 19.1. The van der Waals surface area contributed by atoms with Crippen molar-refractivity contribution in [2.24, 2.45) is 0 Å². The number of fused-ring (bicyclic) bond motifs is 1. The maximum atomic E-state index is 13.3. The van der Waals surface area contributed by atoms with E-state index in [0.717, 1.165) is 29.4 Å². The van der Waals surface area contributed by atoms with Crippen molar-refractivity contribution in [3.8, 4) is 11.4 Å². The molecule has 1 amide bonds. The van der Waals surface area contributed by atoms with Crippen molar-refractivity contribution in [1.82, 2.24) is 14.9 Å². The molecule has 1 heterocycles. The number of carbonyl (C=O) groups excluding carboxylic acids is 1. The molecule has 0 aliphatic heterocycles. The van der Waals surface area contributed by atoms with Crippen LogP contribution in [0.15, 0.2) is 48.5 Å². The monoisotopic (exact) mass is 351 g/mol. The summed E-state index contributed by atoms with van der Waals surface area (Å²) in [7, 11) is 0. The van der Waals surface area contributed by atoms with Crippen LogP contribution in [0, 0.1) is 5.82 Å². The van der Waals surface area contributed by atoms with Gasteiger partial charge in [0.05, 0.1) is 11.0 Å². The zero-order valence-electron chi connectivity index (χ0n) is 14.6. The topological polar surface area (TPSA) is 46.9 Å². The molecule has 0 saturated heterocycles. The van der Waals surface area contributed by atoms with Gasteiger partial charge in [-0.3, -0.25) is 4.79 Å². The first-order valence-corrected chi connectivity index (χ1v) is 9.21. The van der Waals surface area contributed by atoms with Crippen molar-refractivity contribution in [2.45, 2.75) is 44.7 Å². The van der Waals surface area contributed by atoms with E-state index < -0.39 is 0 Å². The quantitative estimate of drug-likeness (QED) is 0.762. The van der Waals surface area contributed by atoms with E-state index in [1.54, 1.807) is 12.1 Å². The SMILES string of the molecule is O=C(Cn1c(-c2ccc(F)cc2)nc2ccccc21)NC1CCCCC1. The largest absolute Gasteiger partial charge is 0.352 e. The number of nitrogens with zero attached hydrogens (tertiary/aromatic N) is 2. The van der Waals surface area contributed by atoms with Crippen LogP contribution >= 0.6 is 0 Å². The molecular weight excluding hydrogens is 329 g/mol. The van der Waals surface area contributed by atoms with E-state index in [2.05, 4.69) is 10.3 Å². The number of aromatic nitrogens is 2. The van der Waals surface area contributed by atoms with Crippen LogP contribution in [0.1, 0.15) is 32.1 Å². The highest BCUT2D eigenvalue weighted by Gasteiger charge is 2.19. The number of amides is 1. The Bertz CT molecular complexity index is 911. The number of carbonyl (C=O) groups is 1. The standard InChI is InChI=1S/C21H22FN3O/c22-16-12-10-15(11-13-16)21-24-18-8-4-5-9-19(18)25(21)14-20(26)23-17-6-2-1-3-7-17/h4-5,8-13,17H,1-3,6-7,14H2,(H,23,26). The van der Waals surface area contributed by atoms with E-state index in [1.807, 2.05) is 28.8 Å². The Morgan fingerprint density at radius 1 is 1.08 bits per heavy atom. The van der Waals surface area contributed by atoms with E-state index in [1.165, 1.54) is 31.4 Å². The second-order valence-corrected chi connectivity index (χ2v) is 6.92. The molecular formula is C21H22FN3O. The first kappa shape index (κ1) is 16.8. The van der Waals surface area contributed by atoms with Gasteiger partial charge in [-0.05, 0) is 49.2 Å². The van der Waals surface area contributed by atoms with Crippen molar-refractivity contribution < 1.29 is 9.18 Å². The molecule has 2 aromatic carbocycles. The maximum Gasteiger partial charge on any atom is 0.240 e. The fourth-order valence-electron chi connectivity index (χ4n) is 3.72. The minimum Gasteiger partial charge on any atom is -0.352 e. The van der Waals surface area contributed by atoms with Gasteiger partial charge < -0.3 is 9.88 Å². The fraction of sp³-hybridized carbons (Fsp3) is 0.333. The zero-order valence-corrected chi connectivity index (χ0v) is 14.6. The smallest absolute Gasteiger partial charge is 0.240 e. The van der Waals surface area contributed by atoms with Crippen molar-refractivity contribution in [1.29, 1.82) is 0 Å². The summed E-state index contributed by atoms with van der Waals surface area (Å²) in [5, 5.41) is 3.16. The lowest BCUT2D eigenvalue weighted by molar-refractivity contribution is -0.122. The third-order valence-corrected chi connectivity index (χ3v) is 5.03. The van der Waals surface area contributed by atoms with Crippen LogP contribution in [0.4, 0.5) is 4.39 Å². The molecule has 0 spiro atoms. The molecule has 1 aromatic heterocycles. The molecule has 3 aromatic rings. The lowest BCUT2D eigenvalue weighted by Gasteiger charge is -2.23. The number of hydrogen-bond acceptors (Lipinski definition) is 2. The summed E-state index contributed by atoms with van der Waals surface area (Å²) in [6.07, 6.45) is 5.73. The van der Waals surface area contributed by atoms with E-state index in [9.17, 15) is 9.18 Å². The molecule has 4 nitrogen and oxygen atoms in total. The molecule has 134 valence electrons. The second-order valence-electron chi connectivity index (χ2n) is 6.92. The average molecular weight is 351 g/mol. The predicted molar refractivity (Wildman–Crippen MR) is 100 cm³/mol. The molecule has 1 aliphatic carbocycles. The lowest BCUT2D eigenvalue weighted by atomic mass is 9.95. The molecule has 0 bridgehead atoms. The maximum absolute atomic E-state index is 13.3. The number of benzene rings is 2. The molecule has 0 radical (unpaired) electrons. The summed E-state index contributed by atoms with van der Waals surface area (Å²) in [6.45, 7) is 0.212. The minimum atomic E-state index is -0.286. The molecule has 5 heteroatoms. The van der Waals surface area contributed by atoms with E-state index in [4.69, 9.17) is 0 Å². The van der Waals surface area contributed by atoms with Gasteiger partial charge >= 0.3 is 0 Å². The van der Waals surface area contributed by atoms with Gasteiger partial charge in [0.25, 0.3) is 0 Å². The van der Waals surface area contributed by atoms with Crippen LogP contribution < -0.4 is 5.32 Å². The number of hydrogen-bond donors (Lipinski definition) is 1. The Kier molecular flexibility index (Phi) is 4.69. The van der Waals surface area contributed by atoms with Crippen LogP contribution in [0.25, 0.3) is 22.4 Å². The van der Waals surface area contributed by atoms with Crippen molar-refractivity contribution in [3.05, 3.63) is 54.3 Å². The molecule has 1 N–H and O–H groups in total. The van der Waals surface area contributed by atoms with Gasteiger partial charge in [0.1, 0.15) is 18.2 Å². The average Bonchev–Trinajstić information content (AvgIpc) is 3.02. The third kappa shape index (κ3) is 3.47. The van der Waals surface area contributed by atoms with Gasteiger partial charge in [-0.15, -0.1) is 0 Å². The van der Waals surface area contributed by atoms with Crippen LogP contribution in [-0.2, 0) is 11.3 Å². The number of rotatable bonds is 4. The summed E-state index contributed by atoms with van der Waals surface area (Å²) in [5.74, 6) is 0.403. The van der Waals surface area contributed by atoms with Gasteiger partial charge in [0.2, 0.25) is 5.91 Å². The molecule has 1 saturated carbocycles. The van der Waals surface area contributed by atoms with Crippen LogP contribution in [-0.4, -0.2) is 21.5 Å². The summed E-state index contributed by atoms with van der Waals surface area (Å²) in [5.41, 5.74) is 2.54.